The molecule has 1 aromatic heterocycles. The van der Waals surface area contributed by atoms with E-state index in [-0.39, 0.29) is 22.5 Å². The Kier molecular flexibility index (Phi) is 7.20. The molecule has 7 nitrogen and oxygen atoms in total. The predicted octanol–water partition coefficient (Wildman–Crippen LogP) is 3.17. The Morgan fingerprint density at radius 1 is 1.52 bits per heavy atom. The normalized spacial score (nSPS) is 17.4. The Hall–Kier alpha value is -2.13. The van der Waals surface area contributed by atoms with Gasteiger partial charge in [-0.05, 0) is 26.7 Å². The number of nitrogens with zero attached hydrogens (tertiary/aromatic N) is 2. The van der Waals surface area contributed by atoms with Crippen LogP contribution in [0, 0.1) is 6.92 Å². The Balaban J connectivity index is 1.94. The molecule has 0 aliphatic carbocycles. The van der Waals surface area contributed by atoms with E-state index in [1.165, 1.54) is 0 Å². The Bertz CT molecular complexity index is 776. The minimum Gasteiger partial charge on any atom is -0.354 e. The number of aryl methyl sites for hydroxylation is 1. The molecule has 10 heteroatoms. The number of thiazole rings is 1. The molecule has 1 fully saturated rings. The highest BCUT2D eigenvalue weighted by Crippen LogP contribution is 2.29. The minimum absolute atomic E-state index is 0.0945. The van der Waals surface area contributed by atoms with Crippen LogP contribution >= 0.6 is 22.9 Å². The van der Waals surface area contributed by atoms with Crippen molar-refractivity contribution >= 4 is 39.9 Å². The van der Waals surface area contributed by atoms with Crippen LogP contribution in [0.2, 0.25) is 0 Å². The fourth-order valence-electron chi connectivity index (χ4n) is 2.72. The van der Waals surface area contributed by atoms with Crippen LogP contribution in [0.1, 0.15) is 42.1 Å². The van der Waals surface area contributed by atoms with Gasteiger partial charge >= 0.3 is 5.97 Å². The number of amides is 1. The zero-order valence-electron chi connectivity index (χ0n) is 15.4. The first-order valence-electron chi connectivity index (χ1n) is 8.44. The molecule has 148 valence electrons. The highest BCUT2D eigenvalue weighted by Gasteiger charge is 2.28. The molecule has 27 heavy (non-hydrogen) atoms. The first kappa shape index (κ1) is 21.2. The molecule has 2 heterocycles. The maximum absolute atomic E-state index is 12.3. The molecular weight excluding hydrogens is 395 g/mol. The molecule has 1 aliphatic heterocycles. The van der Waals surface area contributed by atoms with Crippen LogP contribution in [0.25, 0.3) is 0 Å². The average Bonchev–Trinajstić information content (AvgIpc) is 3.24. The fraction of sp³-hybridized carbons (Fsp3) is 0.471. The third kappa shape index (κ3) is 5.20. The minimum atomic E-state index is -1.04. The van der Waals surface area contributed by atoms with Crippen molar-refractivity contribution in [3.05, 3.63) is 33.6 Å². The Labute approximate surface area is 166 Å². The van der Waals surface area contributed by atoms with Gasteiger partial charge in [0.25, 0.3) is 5.91 Å². The molecule has 0 aromatic carbocycles. The predicted molar refractivity (Wildman–Crippen MR) is 103 cm³/mol. The molecule has 1 aliphatic rings. The lowest BCUT2D eigenvalue weighted by Gasteiger charge is -2.17. The number of hydrogen-bond acceptors (Lipinski definition) is 7. The number of hydrogen-bond donors (Lipinski definition) is 2. The van der Waals surface area contributed by atoms with Gasteiger partial charge in [-0.2, -0.15) is 0 Å². The Morgan fingerprint density at radius 3 is 2.81 bits per heavy atom. The summed E-state index contributed by atoms with van der Waals surface area (Å²) in [6.45, 7) is 10.2. The van der Waals surface area contributed by atoms with Gasteiger partial charge in [-0.25, -0.2) is 14.7 Å². The van der Waals surface area contributed by atoms with E-state index in [9.17, 15) is 14.1 Å². The molecule has 1 amide bonds. The summed E-state index contributed by atoms with van der Waals surface area (Å²) in [5.74, 6) is -1.35. The molecule has 0 bridgehead atoms. The van der Waals surface area contributed by atoms with Gasteiger partial charge in [0, 0.05) is 34.4 Å². The number of nitrogens with one attached hydrogen (secondary N) is 2. The second-order valence-corrected chi connectivity index (χ2v) is 7.69. The SMILES string of the molecule is C=C(N/C(CC)=C(\C)Cl)C(=O)NC1CCN(c2nc(C)c(C(=O)OF)s2)C1. The number of carbonyl (C=O) groups is 2. The van der Waals surface area contributed by atoms with Crippen molar-refractivity contribution in [1.29, 1.82) is 0 Å². The van der Waals surface area contributed by atoms with E-state index in [1.807, 2.05) is 11.8 Å². The van der Waals surface area contributed by atoms with E-state index in [0.29, 0.717) is 41.8 Å². The van der Waals surface area contributed by atoms with Gasteiger partial charge in [0.2, 0.25) is 0 Å². The number of anilines is 1. The summed E-state index contributed by atoms with van der Waals surface area (Å²) >= 11 is 7.04. The number of allylic oxidation sites excluding steroid dienone is 2. The van der Waals surface area contributed by atoms with Crippen molar-refractivity contribution in [2.45, 2.75) is 39.7 Å². The van der Waals surface area contributed by atoms with E-state index >= 15 is 0 Å². The van der Waals surface area contributed by atoms with Gasteiger partial charge in [-0.3, -0.25) is 4.79 Å². The summed E-state index contributed by atoms with van der Waals surface area (Å²) in [7, 11) is 0. The van der Waals surface area contributed by atoms with Crippen LogP contribution in [0.3, 0.4) is 0 Å². The van der Waals surface area contributed by atoms with Gasteiger partial charge < -0.3 is 15.5 Å². The van der Waals surface area contributed by atoms with E-state index in [2.05, 4.69) is 27.1 Å². The van der Waals surface area contributed by atoms with Crippen molar-refractivity contribution in [2.75, 3.05) is 18.0 Å². The zero-order chi connectivity index (χ0) is 20.1. The van der Waals surface area contributed by atoms with E-state index in [1.54, 1.807) is 13.8 Å². The maximum Gasteiger partial charge on any atom is 0.391 e. The summed E-state index contributed by atoms with van der Waals surface area (Å²) in [5.41, 5.74) is 1.39. The summed E-state index contributed by atoms with van der Waals surface area (Å²) in [4.78, 5) is 33.3. The van der Waals surface area contributed by atoms with Crippen LogP contribution in [0.4, 0.5) is 9.66 Å². The summed E-state index contributed by atoms with van der Waals surface area (Å²) < 4.78 is 12.1. The van der Waals surface area contributed by atoms with Gasteiger partial charge in [-0.1, -0.05) is 36.4 Å². The topological polar surface area (TPSA) is 83.6 Å². The molecule has 1 unspecified atom stereocenters. The molecule has 1 atom stereocenters. The van der Waals surface area contributed by atoms with Crippen LogP contribution in [0.15, 0.2) is 23.0 Å². The lowest BCUT2D eigenvalue weighted by molar-refractivity contribution is -0.118. The van der Waals surface area contributed by atoms with Crippen molar-refractivity contribution in [3.8, 4) is 0 Å². The lowest BCUT2D eigenvalue weighted by atomic mass is 10.2. The van der Waals surface area contributed by atoms with Gasteiger partial charge in [0.05, 0.1) is 11.4 Å². The maximum atomic E-state index is 12.3. The highest BCUT2D eigenvalue weighted by atomic mass is 35.5. The number of rotatable bonds is 7. The summed E-state index contributed by atoms with van der Waals surface area (Å²) in [6.07, 6.45) is 1.37. The molecule has 1 aromatic rings. The second kappa shape index (κ2) is 9.18. The van der Waals surface area contributed by atoms with Crippen molar-refractivity contribution < 1.29 is 19.1 Å². The third-order valence-electron chi connectivity index (χ3n) is 4.18. The summed E-state index contributed by atoms with van der Waals surface area (Å²) in [6, 6.07) is -0.0945. The van der Waals surface area contributed by atoms with E-state index in [4.69, 9.17) is 11.6 Å². The van der Waals surface area contributed by atoms with Crippen LogP contribution in [0.5, 0.6) is 0 Å². The molecule has 0 spiro atoms. The van der Waals surface area contributed by atoms with Crippen molar-refractivity contribution in [2.24, 2.45) is 0 Å². The molecule has 0 saturated carbocycles. The second-order valence-electron chi connectivity index (χ2n) is 6.15. The van der Waals surface area contributed by atoms with Gasteiger partial charge in [0.15, 0.2) is 5.13 Å². The molecule has 2 rings (SSSR count). The first-order valence-corrected chi connectivity index (χ1v) is 9.63. The fourth-order valence-corrected chi connectivity index (χ4v) is 3.87. The van der Waals surface area contributed by atoms with Gasteiger partial charge in [0.1, 0.15) is 4.88 Å². The van der Waals surface area contributed by atoms with E-state index < -0.39 is 5.97 Å². The summed E-state index contributed by atoms with van der Waals surface area (Å²) in [5, 5.41) is 7.04. The number of aromatic nitrogens is 1. The highest BCUT2D eigenvalue weighted by molar-refractivity contribution is 7.17. The first-order chi connectivity index (χ1) is 12.8. The number of halogens is 2. The Morgan fingerprint density at radius 2 is 2.22 bits per heavy atom. The number of carbonyl (C=O) groups excluding carboxylic acids is 2. The van der Waals surface area contributed by atoms with Crippen molar-refractivity contribution in [3.63, 3.8) is 0 Å². The van der Waals surface area contributed by atoms with Crippen molar-refractivity contribution in [1.82, 2.24) is 15.6 Å². The monoisotopic (exact) mass is 416 g/mol. The molecule has 1 saturated heterocycles. The molecule has 2 N–H and O–H groups in total. The smallest absolute Gasteiger partial charge is 0.354 e. The largest absolute Gasteiger partial charge is 0.391 e. The van der Waals surface area contributed by atoms with Crippen LogP contribution in [-0.4, -0.2) is 36.0 Å². The van der Waals surface area contributed by atoms with E-state index in [0.717, 1.165) is 17.0 Å². The standard InChI is InChI=1S/C17H22ClFN4O3S/c1-5-13(9(2)18)20-11(4)15(24)22-12-6-7-23(8-12)17-21-10(3)14(27-17)16(25)26-19/h12,20H,4-8H2,1-3H3,(H,22,24)/b13-9+. The quantitative estimate of drug-likeness (QED) is 0.664. The molecule has 0 radical (unpaired) electrons. The molecular formula is C17H22ClFN4O3S. The van der Waals surface area contributed by atoms with Crippen LogP contribution in [-0.2, 0) is 9.74 Å². The van der Waals surface area contributed by atoms with Gasteiger partial charge in [-0.15, -0.1) is 0 Å². The third-order valence-corrected chi connectivity index (χ3v) is 5.61. The zero-order valence-corrected chi connectivity index (χ0v) is 17.0. The van der Waals surface area contributed by atoms with Crippen LogP contribution < -0.4 is 15.5 Å². The average molecular weight is 417 g/mol. The lowest BCUT2D eigenvalue weighted by Crippen LogP contribution is -2.40.